The van der Waals surface area contributed by atoms with Gasteiger partial charge in [0.15, 0.2) is 0 Å². The molecule has 0 fully saturated rings. The van der Waals surface area contributed by atoms with E-state index in [-0.39, 0.29) is 16.7 Å². The maximum absolute atomic E-state index is 2.58. The lowest BCUT2D eigenvalue weighted by atomic mass is 9.69. The van der Waals surface area contributed by atoms with Gasteiger partial charge in [-0.3, -0.25) is 0 Å². The SMILES string of the molecule is Cc1ccccc1-c1c(C)cccc1C1(C)C=CC(C(C)c2ccc3c(c2)C2(c4ccccc4-c4ccccc42)c2cccc(C4=CCC(C)C=C4)c2-3)=CC1. The summed E-state index contributed by atoms with van der Waals surface area (Å²) in [7, 11) is 0. The Morgan fingerprint density at radius 1 is 0.564 bits per heavy atom. The molecule has 0 aliphatic heterocycles. The molecule has 0 saturated carbocycles. The molecule has 6 aromatic rings. The molecule has 0 heteroatoms. The minimum atomic E-state index is -0.373. The van der Waals surface area contributed by atoms with E-state index >= 15 is 0 Å². The molecule has 3 atom stereocenters. The van der Waals surface area contributed by atoms with Crippen molar-refractivity contribution in [1.29, 1.82) is 0 Å². The highest BCUT2D eigenvalue weighted by Crippen LogP contribution is 2.64. The second-order valence-electron chi connectivity index (χ2n) is 16.8. The molecule has 10 rings (SSSR count). The lowest BCUT2D eigenvalue weighted by Gasteiger charge is -2.33. The molecule has 0 N–H and O–H groups in total. The topological polar surface area (TPSA) is 0 Å². The summed E-state index contributed by atoms with van der Waals surface area (Å²) >= 11 is 0. The first kappa shape index (κ1) is 33.8. The van der Waals surface area contributed by atoms with Crippen molar-refractivity contribution in [3.05, 3.63) is 219 Å². The second-order valence-corrected chi connectivity index (χ2v) is 16.8. The van der Waals surface area contributed by atoms with Crippen molar-refractivity contribution < 1.29 is 0 Å². The zero-order chi connectivity index (χ0) is 37.5. The fraction of sp³-hybridized carbons (Fsp3) is 0.200. The quantitative estimate of drug-likeness (QED) is 0.167. The molecule has 0 saturated heterocycles. The van der Waals surface area contributed by atoms with Gasteiger partial charge in [0, 0.05) is 11.3 Å². The van der Waals surface area contributed by atoms with Crippen molar-refractivity contribution in [2.24, 2.45) is 5.92 Å². The van der Waals surface area contributed by atoms with E-state index in [1.165, 1.54) is 94.6 Å². The number of allylic oxidation sites excluding steroid dienone is 8. The molecule has 4 aliphatic carbocycles. The molecular formula is C55H48. The smallest absolute Gasteiger partial charge is 0.0725 e. The summed E-state index contributed by atoms with van der Waals surface area (Å²) < 4.78 is 0. The summed E-state index contributed by atoms with van der Waals surface area (Å²) in [5.41, 5.74) is 22.9. The number of fused-ring (bicyclic) bond motifs is 10. The zero-order valence-electron chi connectivity index (χ0n) is 32.7. The van der Waals surface area contributed by atoms with Gasteiger partial charge in [-0.25, -0.2) is 0 Å². The van der Waals surface area contributed by atoms with Crippen molar-refractivity contribution in [2.75, 3.05) is 0 Å². The third kappa shape index (κ3) is 4.97. The molecule has 0 nitrogen and oxygen atoms in total. The van der Waals surface area contributed by atoms with Gasteiger partial charge in [0.25, 0.3) is 0 Å². The van der Waals surface area contributed by atoms with Crippen LogP contribution in [-0.2, 0) is 10.8 Å². The van der Waals surface area contributed by atoms with Crippen LogP contribution in [-0.4, -0.2) is 0 Å². The minimum Gasteiger partial charge on any atom is -0.0808 e. The van der Waals surface area contributed by atoms with Crippen LogP contribution in [0.25, 0.3) is 39.0 Å². The molecule has 1 spiro atoms. The lowest BCUT2D eigenvalue weighted by Crippen LogP contribution is -2.26. The Balaban J connectivity index is 1.09. The molecule has 0 heterocycles. The van der Waals surface area contributed by atoms with Crippen LogP contribution in [0.15, 0.2) is 169 Å². The number of hydrogen-bond donors (Lipinski definition) is 0. The summed E-state index contributed by atoms with van der Waals surface area (Å²) in [6.07, 6.45) is 16.7. The highest BCUT2D eigenvalue weighted by Gasteiger charge is 2.52. The van der Waals surface area contributed by atoms with E-state index in [2.05, 4.69) is 198 Å². The Morgan fingerprint density at radius 3 is 1.89 bits per heavy atom. The molecule has 3 unspecified atom stereocenters. The van der Waals surface area contributed by atoms with Crippen LogP contribution in [0.2, 0.25) is 0 Å². The van der Waals surface area contributed by atoms with Crippen molar-refractivity contribution in [3.63, 3.8) is 0 Å². The number of hydrogen-bond acceptors (Lipinski definition) is 0. The average molecular weight is 709 g/mol. The highest BCUT2D eigenvalue weighted by atomic mass is 14.5. The first-order valence-corrected chi connectivity index (χ1v) is 20.2. The standard InChI is InChI=1S/C55H48/c1-35-24-26-40(27-25-35)43-19-13-23-50-53(43)46-29-28-41(34-51(46)55(50)47-20-10-8-17-44(47)45-18-9-11-21-48(45)55)38(4)39-30-32-54(5,33-31-39)49-22-12-15-37(3)52(49)42-16-7-6-14-36(42)2/h6-24,26-32,34-35,38H,25,33H2,1-5H3. The van der Waals surface area contributed by atoms with Crippen LogP contribution in [0.3, 0.4) is 0 Å². The Bertz CT molecular complexity index is 2630. The minimum absolute atomic E-state index is 0.0931. The average Bonchev–Trinajstić information content (AvgIpc) is 3.69. The van der Waals surface area contributed by atoms with Gasteiger partial charge in [-0.05, 0) is 127 Å². The molecule has 0 bridgehead atoms. The second kappa shape index (κ2) is 12.7. The van der Waals surface area contributed by atoms with Gasteiger partial charge >= 0.3 is 0 Å². The third-order valence-electron chi connectivity index (χ3n) is 13.5. The van der Waals surface area contributed by atoms with Gasteiger partial charge in [0.05, 0.1) is 5.41 Å². The van der Waals surface area contributed by atoms with Crippen molar-refractivity contribution >= 4 is 5.57 Å². The number of benzene rings is 6. The van der Waals surface area contributed by atoms with Gasteiger partial charge in [-0.15, -0.1) is 0 Å². The van der Waals surface area contributed by atoms with Crippen LogP contribution in [0.4, 0.5) is 0 Å². The lowest BCUT2D eigenvalue weighted by molar-refractivity contribution is 0.593. The van der Waals surface area contributed by atoms with Gasteiger partial charge in [0.1, 0.15) is 0 Å². The normalized spacial score (nSPS) is 20.3. The summed E-state index contributed by atoms with van der Waals surface area (Å²) in [6, 6.07) is 48.5. The number of aryl methyl sites for hydroxylation is 2. The number of rotatable bonds is 5. The van der Waals surface area contributed by atoms with E-state index in [1.807, 2.05) is 0 Å². The van der Waals surface area contributed by atoms with E-state index in [4.69, 9.17) is 0 Å². The van der Waals surface area contributed by atoms with E-state index < -0.39 is 0 Å². The molecule has 0 radical (unpaired) electrons. The van der Waals surface area contributed by atoms with Crippen LogP contribution in [0.1, 0.15) is 89.6 Å². The summed E-state index contributed by atoms with van der Waals surface area (Å²) in [6.45, 7) is 11.6. The van der Waals surface area contributed by atoms with Crippen LogP contribution >= 0.6 is 0 Å². The fourth-order valence-corrected chi connectivity index (χ4v) is 10.5. The Morgan fingerprint density at radius 2 is 1.20 bits per heavy atom. The summed E-state index contributed by atoms with van der Waals surface area (Å²) in [4.78, 5) is 0. The van der Waals surface area contributed by atoms with Gasteiger partial charge < -0.3 is 0 Å². The molecule has 0 aromatic heterocycles. The van der Waals surface area contributed by atoms with Gasteiger partial charge in [-0.1, -0.05) is 185 Å². The van der Waals surface area contributed by atoms with Crippen molar-refractivity contribution in [2.45, 2.75) is 64.2 Å². The Labute approximate surface area is 327 Å². The van der Waals surface area contributed by atoms with E-state index in [9.17, 15) is 0 Å². The van der Waals surface area contributed by atoms with Crippen LogP contribution in [0.5, 0.6) is 0 Å². The highest BCUT2D eigenvalue weighted by molar-refractivity contribution is 5.99. The maximum atomic E-state index is 2.58. The molecular weight excluding hydrogens is 661 g/mol. The molecule has 55 heavy (non-hydrogen) atoms. The Hall–Kier alpha value is -5.72. The van der Waals surface area contributed by atoms with Gasteiger partial charge in [0.2, 0.25) is 0 Å². The predicted octanol–water partition coefficient (Wildman–Crippen LogP) is 14.2. The maximum Gasteiger partial charge on any atom is 0.0725 e. The summed E-state index contributed by atoms with van der Waals surface area (Å²) in [5, 5.41) is 0. The summed E-state index contributed by atoms with van der Waals surface area (Å²) in [5.74, 6) is 0.821. The third-order valence-corrected chi connectivity index (χ3v) is 13.5. The van der Waals surface area contributed by atoms with Crippen molar-refractivity contribution in [3.8, 4) is 33.4 Å². The molecule has 6 aromatic carbocycles. The zero-order valence-corrected chi connectivity index (χ0v) is 32.7. The van der Waals surface area contributed by atoms with Gasteiger partial charge in [-0.2, -0.15) is 0 Å². The van der Waals surface area contributed by atoms with E-state index in [1.54, 1.807) is 0 Å². The first-order valence-electron chi connectivity index (χ1n) is 20.2. The van der Waals surface area contributed by atoms with Crippen LogP contribution < -0.4 is 0 Å². The van der Waals surface area contributed by atoms with E-state index in [0.29, 0.717) is 5.92 Å². The Kier molecular flexibility index (Phi) is 7.79. The van der Waals surface area contributed by atoms with Crippen molar-refractivity contribution in [1.82, 2.24) is 0 Å². The predicted molar refractivity (Wildman–Crippen MR) is 233 cm³/mol. The molecule has 0 amide bonds. The van der Waals surface area contributed by atoms with E-state index in [0.717, 1.165) is 12.8 Å². The molecule has 4 aliphatic rings. The fourth-order valence-electron chi connectivity index (χ4n) is 10.5. The first-order chi connectivity index (χ1) is 26.8. The van der Waals surface area contributed by atoms with Crippen LogP contribution in [0, 0.1) is 19.8 Å². The molecule has 268 valence electrons. The monoisotopic (exact) mass is 708 g/mol. The largest absolute Gasteiger partial charge is 0.0808 e.